The minimum atomic E-state index is -0.377. The Hall–Kier alpha value is -0.650. The molecule has 0 radical (unpaired) electrons. The molecule has 0 aromatic rings. The first-order valence-corrected chi connectivity index (χ1v) is 7.44. The highest BCUT2D eigenvalue weighted by Gasteiger charge is 2.40. The van der Waals surface area contributed by atoms with Crippen molar-refractivity contribution in [2.24, 2.45) is 11.1 Å². The predicted molar refractivity (Wildman–Crippen MR) is 74.9 cm³/mol. The molecule has 110 valence electrons. The second-order valence-electron chi connectivity index (χ2n) is 5.87. The summed E-state index contributed by atoms with van der Waals surface area (Å²) in [6.07, 6.45) is 4.11. The number of carbonyl (C=O) groups is 1. The molecule has 0 bridgehead atoms. The van der Waals surface area contributed by atoms with E-state index in [9.17, 15) is 4.79 Å². The van der Waals surface area contributed by atoms with E-state index in [1.807, 2.05) is 11.9 Å². The minimum absolute atomic E-state index is 0.206. The Kier molecular flexibility index (Phi) is 5.19. The lowest BCUT2D eigenvalue weighted by Gasteiger charge is -2.38. The number of hydrogen-bond acceptors (Lipinski definition) is 4. The first-order valence-electron chi connectivity index (χ1n) is 7.44. The zero-order chi connectivity index (χ0) is 13.7. The maximum absolute atomic E-state index is 12.6. The van der Waals surface area contributed by atoms with E-state index in [4.69, 9.17) is 10.5 Å². The minimum Gasteiger partial charge on any atom is -0.381 e. The third-order valence-corrected chi connectivity index (χ3v) is 4.59. The summed E-state index contributed by atoms with van der Waals surface area (Å²) in [5.41, 5.74) is 5.50. The van der Waals surface area contributed by atoms with Gasteiger partial charge in [0, 0.05) is 39.9 Å². The lowest BCUT2D eigenvalue weighted by atomic mass is 9.79. The van der Waals surface area contributed by atoms with Crippen LogP contribution in [-0.4, -0.2) is 68.7 Å². The van der Waals surface area contributed by atoms with Gasteiger partial charge in [0.2, 0.25) is 5.91 Å². The van der Waals surface area contributed by atoms with Gasteiger partial charge in [-0.2, -0.15) is 0 Å². The average Bonchev–Trinajstić information content (AvgIpc) is 2.98. The largest absolute Gasteiger partial charge is 0.381 e. The Morgan fingerprint density at radius 3 is 2.53 bits per heavy atom. The first-order chi connectivity index (χ1) is 9.18. The molecule has 0 aliphatic carbocycles. The van der Waals surface area contributed by atoms with Gasteiger partial charge in [0.25, 0.3) is 0 Å². The van der Waals surface area contributed by atoms with E-state index in [0.29, 0.717) is 19.8 Å². The molecule has 2 heterocycles. The van der Waals surface area contributed by atoms with Gasteiger partial charge in [0.05, 0.1) is 5.41 Å². The van der Waals surface area contributed by atoms with E-state index in [-0.39, 0.29) is 11.3 Å². The summed E-state index contributed by atoms with van der Waals surface area (Å²) in [5, 5.41) is 0. The van der Waals surface area contributed by atoms with Crippen LogP contribution >= 0.6 is 0 Å². The average molecular weight is 269 g/mol. The molecular weight excluding hydrogens is 242 g/mol. The number of likely N-dealkylation sites (tertiary alicyclic amines) is 1. The molecule has 2 rings (SSSR count). The Bertz CT molecular complexity index is 297. The SMILES string of the molecule is CN(CCN1CCCC1)C(=O)C1(CN)CCOCC1. The Morgan fingerprint density at radius 1 is 1.32 bits per heavy atom. The lowest BCUT2D eigenvalue weighted by molar-refractivity contribution is -0.145. The van der Waals surface area contributed by atoms with E-state index >= 15 is 0 Å². The second kappa shape index (κ2) is 6.68. The molecule has 0 aromatic heterocycles. The molecule has 2 fully saturated rings. The van der Waals surface area contributed by atoms with Crippen molar-refractivity contribution in [1.82, 2.24) is 9.80 Å². The van der Waals surface area contributed by atoms with E-state index in [2.05, 4.69) is 4.90 Å². The number of ether oxygens (including phenoxy) is 1. The van der Waals surface area contributed by atoms with Crippen molar-refractivity contribution >= 4 is 5.91 Å². The molecule has 19 heavy (non-hydrogen) atoms. The number of carbonyl (C=O) groups excluding carboxylic acids is 1. The van der Waals surface area contributed by atoms with Crippen molar-refractivity contribution in [1.29, 1.82) is 0 Å². The van der Waals surface area contributed by atoms with Crippen molar-refractivity contribution in [3.05, 3.63) is 0 Å². The summed E-state index contributed by atoms with van der Waals surface area (Å²) in [6, 6.07) is 0. The monoisotopic (exact) mass is 269 g/mol. The molecule has 0 aromatic carbocycles. The molecule has 2 N–H and O–H groups in total. The Morgan fingerprint density at radius 2 is 1.95 bits per heavy atom. The molecule has 5 heteroatoms. The molecule has 2 aliphatic heterocycles. The number of nitrogens with zero attached hydrogens (tertiary/aromatic N) is 2. The summed E-state index contributed by atoms with van der Waals surface area (Å²) in [6.45, 7) is 5.89. The molecule has 0 spiro atoms. The van der Waals surface area contributed by atoms with E-state index < -0.39 is 0 Å². The number of nitrogens with two attached hydrogens (primary N) is 1. The van der Waals surface area contributed by atoms with Crippen molar-refractivity contribution < 1.29 is 9.53 Å². The third kappa shape index (κ3) is 3.46. The van der Waals surface area contributed by atoms with Gasteiger partial charge in [-0.05, 0) is 38.8 Å². The van der Waals surface area contributed by atoms with E-state index in [1.54, 1.807) is 0 Å². The molecule has 0 atom stereocenters. The fourth-order valence-corrected chi connectivity index (χ4v) is 3.07. The van der Waals surface area contributed by atoms with Crippen LogP contribution in [0.5, 0.6) is 0 Å². The van der Waals surface area contributed by atoms with Crippen LogP contribution in [0.1, 0.15) is 25.7 Å². The summed E-state index contributed by atoms with van der Waals surface area (Å²) < 4.78 is 5.36. The predicted octanol–water partition coefficient (Wildman–Crippen LogP) is 0.296. The number of hydrogen-bond donors (Lipinski definition) is 1. The molecule has 2 saturated heterocycles. The molecule has 0 saturated carbocycles. The summed E-state index contributed by atoms with van der Waals surface area (Å²) >= 11 is 0. The fraction of sp³-hybridized carbons (Fsp3) is 0.929. The Labute approximate surface area is 116 Å². The van der Waals surface area contributed by atoms with Crippen LogP contribution in [-0.2, 0) is 9.53 Å². The number of likely N-dealkylation sites (N-methyl/N-ethyl adjacent to an activating group) is 1. The van der Waals surface area contributed by atoms with Crippen LogP contribution in [0.2, 0.25) is 0 Å². The third-order valence-electron chi connectivity index (χ3n) is 4.59. The zero-order valence-electron chi connectivity index (χ0n) is 12.1. The highest BCUT2D eigenvalue weighted by molar-refractivity contribution is 5.83. The van der Waals surface area contributed by atoms with Gasteiger partial charge in [-0.15, -0.1) is 0 Å². The van der Waals surface area contributed by atoms with Crippen LogP contribution in [0.4, 0.5) is 0 Å². The molecule has 1 amide bonds. The van der Waals surface area contributed by atoms with Crippen LogP contribution in [0, 0.1) is 5.41 Å². The summed E-state index contributed by atoms with van der Waals surface area (Å²) in [5.74, 6) is 0.206. The summed E-state index contributed by atoms with van der Waals surface area (Å²) in [7, 11) is 1.91. The summed E-state index contributed by atoms with van der Waals surface area (Å²) in [4.78, 5) is 16.9. The molecular formula is C14H27N3O2. The number of rotatable bonds is 5. The first kappa shape index (κ1) is 14.8. The van der Waals surface area contributed by atoms with Gasteiger partial charge in [-0.1, -0.05) is 0 Å². The standard InChI is InChI=1S/C14H27N3O2/c1-16(8-9-17-6-2-3-7-17)13(18)14(12-15)4-10-19-11-5-14/h2-12,15H2,1H3. The zero-order valence-corrected chi connectivity index (χ0v) is 12.1. The van der Waals surface area contributed by atoms with Crippen molar-refractivity contribution in [3.8, 4) is 0 Å². The van der Waals surface area contributed by atoms with Crippen molar-refractivity contribution in [3.63, 3.8) is 0 Å². The smallest absolute Gasteiger partial charge is 0.230 e. The molecule has 2 aliphatic rings. The van der Waals surface area contributed by atoms with Crippen LogP contribution in [0.15, 0.2) is 0 Å². The number of amides is 1. The second-order valence-corrected chi connectivity index (χ2v) is 5.87. The van der Waals surface area contributed by atoms with Gasteiger partial charge in [-0.25, -0.2) is 0 Å². The maximum Gasteiger partial charge on any atom is 0.230 e. The van der Waals surface area contributed by atoms with Gasteiger partial charge < -0.3 is 20.3 Å². The quantitative estimate of drug-likeness (QED) is 0.780. The highest BCUT2D eigenvalue weighted by atomic mass is 16.5. The van der Waals surface area contributed by atoms with Gasteiger partial charge >= 0.3 is 0 Å². The highest BCUT2D eigenvalue weighted by Crippen LogP contribution is 2.31. The maximum atomic E-state index is 12.6. The van der Waals surface area contributed by atoms with Gasteiger partial charge in [0.1, 0.15) is 0 Å². The molecule has 5 nitrogen and oxygen atoms in total. The van der Waals surface area contributed by atoms with Crippen LogP contribution in [0.3, 0.4) is 0 Å². The normalized spacial score (nSPS) is 23.5. The molecule has 0 unspecified atom stereocenters. The van der Waals surface area contributed by atoms with Crippen molar-refractivity contribution in [2.45, 2.75) is 25.7 Å². The van der Waals surface area contributed by atoms with Gasteiger partial charge in [0.15, 0.2) is 0 Å². The van der Waals surface area contributed by atoms with Crippen molar-refractivity contribution in [2.75, 3.05) is 53.0 Å². The van der Waals surface area contributed by atoms with Gasteiger partial charge in [-0.3, -0.25) is 4.79 Å². The van der Waals surface area contributed by atoms with Crippen LogP contribution < -0.4 is 5.73 Å². The lowest BCUT2D eigenvalue weighted by Crippen LogP contribution is -2.50. The van der Waals surface area contributed by atoms with E-state index in [0.717, 1.165) is 25.9 Å². The van der Waals surface area contributed by atoms with Crippen LogP contribution in [0.25, 0.3) is 0 Å². The van der Waals surface area contributed by atoms with E-state index in [1.165, 1.54) is 25.9 Å². The fourth-order valence-electron chi connectivity index (χ4n) is 3.07. The Balaban J connectivity index is 1.85. The topological polar surface area (TPSA) is 58.8 Å².